The van der Waals surface area contributed by atoms with Crippen LogP contribution in [0.25, 0.3) is 0 Å². The number of nitrogens with zero attached hydrogens (tertiary/aromatic N) is 2. The first kappa shape index (κ1) is 13.5. The molecule has 16 heavy (non-hydrogen) atoms. The number of rotatable bonds is 3. The summed E-state index contributed by atoms with van der Waals surface area (Å²) in [7, 11) is 0. The maximum atomic E-state index is 4.65. The zero-order valence-electron chi connectivity index (χ0n) is 11.2. The van der Waals surface area contributed by atoms with Crippen LogP contribution in [0.5, 0.6) is 0 Å². The van der Waals surface area contributed by atoms with Crippen molar-refractivity contribution in [1.29, 1.82) is 0 Å². The molecular weight excluding hydrogens is 216 g/mol. The monoisotopic (exact) mass is 238 g/mol. The maximum absolute atomic E-state index is 4.65. The van der Waals surface area contributed by atoms with Gasteiger partial charge in [-0.2, -0.15) is 0 Å². The molecule has 3 heteroatoms. The number of hydrogen-bond donors (Lipinski definition) is 0. The molecule has 0 aromatic rings. The van der Waals surface area contributed by atoms with Crippen LogP contribution in [0.4, 0.5) is 0 Å². The Morgan fingerprint density at radius 2 is 2.00 bits per heavy atom. The van der Waals surface area contributed by atoms with Gasteiger partial charge in [-0.3, -0.25) is 4.99 Å². The highest BCUT2D eigenvalue weighted by molar-refractivity contribution is 8.03. The number of amidine groups is 1. The normalized spacial score (nSPS) is 17.9. The van der Waals surface area contributed by atoms with Crippen LogP contribution in [0.2, 0.25) is 0 Å². The zero-order valence-corrected chi connectivity index (χ0v) is 12.0. The molecule has 2 nitrogen and oxygen atoms in total. The fraction of sp³-hybridized carbons (Fsp3) is 0.692. The third kappa shape index (κ3) is 3.78. The first-order valence-electron chi connectivity index (χ1n) is 5.72. The van der Waals surface area contributed by atoms with Crippen LogP contribution in [-0.4, -0.2) is 23.3 Å². The van der Waals surface area contributed by atoms with Crippen molar-refractivity contribution in [2.24, 2.45) is 15.4 Å². The summed E-state index contributed by atoms with van der Waals surface area (Å²) in [6.07, 6.45) is 0. The van der Waals surface area contributed by atoms with E-state index in [4.69, 9.17) is 0 Å². The first-order chi connectivity index (χ1) is 7.30. The molecular formula is C13H22N2S. The molecule has 0 fully saturated rings. The molecule has 0 saturated heterocycles. The molecule has 0 radical (unpaired) electrons. The van der Waals surface area contributed by atoms with Crippen LogP contribution in [0.1, 0.15) is 41.5 Å². The van der Waals surface area contributed by atoms with E-state index in [1.165, 1.54) is 11.3 Å². The molecule has 0 aromatic heterocycles. The third-order valence-electron chi connectivity index (χ3n) is 2.38. The standard InChI is InChI=1S/C13H22N2S/c1-9(2)8-16-10(3)12-14-7-11(15-12)13(4,5)6/h8,10H,7H2,1-6H3. The van der Waals surface area contributed by atoms with E-state index in [1.54, 1.807) is 11.8 Å². The van der Waals surface area contributed by atoms with Gasteiger partial charge in [0.2, 0.25) is 0 Å². The van der Waals surface area contributed by atoms with E-state index in [0.717, 1.165) is 12.4 Å². The van der Waals surface area contributed by atoms with Crippen molar-refractivity contribution >= 4 is 23.3 Å². The first-order valence-corrected chi connectivity index (χ1v) is 6.66. The van der Waals surface area contributed by atoms with Crippen molar-refractivity contribution in [3.8, 4) is 0 Å². The molecule has 0 spiro atoms. The van der Waals surface area contributed by atoms with E-state index in [9.17, 15) is 0 Å². The molecule has 0 aromatic carbocycles. The van der Waals surface area contributed by atoms with E-state index in [0.29, 0.717) is 5.25 Å². The summed E-state index contributed by atoms with van der Waals surface area (Å²) in [5.74, 6) is 0.993. The van der Waals surface area contributed by atoms with Gasteiger partial charge in [-0.15, -0.1) is 11.8 Å². The lowest BCUT2D eigenvalue weighted by molar-refractivity contribution is 0.586. The largest absolute Gasteiger partial charge is 0.263 e. The Balaban J connectivity index is 2.64. The molecule has 1 atom stereocenters. The highest BCUT2D eigenvalue weighted by Crippen LogP contribution is 2.23. The predicted octanol–water partition coefficient (Wildman–Crippen LogP) is 3.93. The van der Waals surface area contributed by atoms with Gasteiger partial charge < -0.3 is 0 Å². The smallest absolute Gasteiger partial charge is 0.136 e. The van der Waals surface area contributed by atoms with E-state index < -0.39 is 0 Å². The van der Waals surface area contributed by atoms with Crippen molar-refractivity contribution in [1.82, 2.24) is 0 Å². The Bertz CT molecular complexity index is 341. The SMILES string of the molecule is CC(C)=CSC(C)C1=NCC(C(C)(C)C)=N1. The zero-order chi connectivity index (χ0) is 12.3. The van der Waals surface area contributed by atoms with Gasteiger partial charge in [0, 0.05) is 11.1 Å². The quantitative estimate of drug-likeness (QED) is 0.731. The molecule has 0 aliphatic carbocycles. The van der Waals surface area contributed by atoms with Gasteiger partial charge in [-0.25, -0.2) is 4.99 Å². The molecule has 1 aliphatic rings. The summed E-state index contributed by atoms with van der Waals surface area (Å²) in [4.78, 5) is 9.18. The summed E-state index contributed by atoms with van der Waals surface area (Å²) in [5.41, 5.74) is 2.68. The molecule has 1 aliphatic heterocycles. The van der Waals surface area contributed by atoms with Crippen molar-refractivity contribution in [3.05, 3.63) is 11.0 Å². The van der Waals surface area contributed by atoms with Gasteiger partial charge in [-0.05, 0) is 26.2 Å². The van der Waals surface area contributed by atoms with Crippen molar-refractivity contribution in [2.75, 3.05) is 6.54 Å². The Morgan fingerprint density at radius 1 is 1.38 bits per heavy atom. The topological polar surface area (TPSA) is 24.7 Å². The summed E-state index contributed by atoms with van der Waals surface area (Å²) in [5, 5.41) is 2.53. The summed E-state index contributed by atoms with van der Waals surface area (Å²) in [6, 6.07) is 0. The van der Waals surface area contributed by atoms with Gasteiger partial charge in [0.1, 0.15) is 5.84 Å². The average molecular weight is 238 g/mol. The molecule has 0 bridgehead atoms. The molecule has 90 valence electrons. The minimum atomic E-state index is 0.145. The van der Waals surface area contributed by atoms with Crippen LogP contribution >= 0.6 is 11.8 Å². The lowest BCUT2D eigenvalue weighted by Gasteiger charge is -2.17. The van der Waals surface area contributed by atoms with E-state index in [-0.39, 0.29) is 5.41 Å². The predicted molar refractivity (Wildman–Crippen MR) is 75.7 cm³/mol. The van der Waals surface area contributed by atoms with Crippen LogP contribution in [0, 0.1) is 5.41 Å². The number of hydrogen-bond acceptors (Lipinski definition) is 3. The van der Waals surface area contributed by atoms with Gasteiger partial charge in [0.25, 0.3) is 0 Å². The minimum Gasteiger partial charge on any atom is -0.263 e. The Hall–Kier alpha value is -0.570. The van der Waals surface area contributed by atoms with E-state index in [1.807, 2.05) is 0 Å². The van der Waals surface area contributed by atoms with Crippen LogP contribution < -0.4 is 0 Å². The molecule has 0 saturated carbocycles. The van der Waals surface area contributed by atoms with Gasteiger partial charge in [0.05, 0.1) is 11.8 Å². The van der Waals surface area contributed by atoms with Crippen LogP contribution in [0.15, 0.2) is 21.0 Å². The van der Waals surface area contributed by atoms with Crippen molar-refractivity contribution in [2.45, 2.75) is 46.8 Å². The van der Waals surface area contributed by atoms with E-state index >= 15 is 0 Å². The highest BCUT2D eigenvalue weighted by atomic mass is 32.2. The second-order valence-corrected chi connectivity index (χ2v) is 6.67. The lowest BCUT2D eigenvalue weighted by Crippen LogP contribution is -2.21. The lowest BCUT2D eigenvalue weighted by atomic mass is 9.90. The van der Waals surface area contributed by atoms with Crippen molar-refractivity contribution in [3.63, 3.8) is 0 Å². The molecule has 1 unspecified atom stereocenters. The fourth-order valence-electron chi connectivity index (χ4n) is 1.29. The second-order valence-electron chi connectivity index (χ2n) is 5.46. The number of thioether (sulfide) groups is 1. The number of allylic oxidation sites excluding steroid dienone is 1. The van der Waals surface area contributed by atoms with E-state index in [2.05, 4.69) is 56.9 Å². The minimum absolute atomic E-state index is 0.145. The van der Waals surface area contributed by atoms with Crippen molar-refractivity contribution < 1.29 is 0 Å². The maximum Gasteiger partial charge on any atom is 0.136 e. The Kier molecular flexibility index (Phi) is 4.36. The third-order valence-corrected chi connectivity index (χ3v) is 3.60. The molecule has 0 N–H and O–H groups in total. The van der Waals surface area contributed by atoms with Crippen LogP contribution in [0.3, 0.4) is 0 Å². The fourth-order valence-corrected chi connectivity index (χ4v) is 2.01. The summed E-state index contributed by atoms with van der Waals surface area (Å²) in [6.45, 7) is 13.7. The molecule has 1 heterocycles. The second kappa shape index (κ2) is 5.17. The van der Waals surface area contributed by atoms with Crippen LogP contribution in [-0.2, 0) is 0 Å². The average Bonchev–Trinajstić information content (AvgIpc) is 2.61. The Labute approximate surface area is 103 Å². The summed E-state index contributed by atoms with van der Waals surface area (Å²) < 4.78 is 0. The molecule has 1 rings (SSSR count). The van der Waals surface area contributed by atoms with Gasteiger partial charge in [-0.1, -0.05) is 26.3 Å². The van der Waals surface area contributed by atoms with Gasteiger partial charge in [0.15, 0.2) is 0 Å². The van der Waals surface area contributed by atoms with Gasteiger partial charge >= 0.3 is 0 Å². The summed E-state index contributed by atoms with van der Waals surface area (Å²) >= 11 is 1.79. The Morgan fingerprint density at radius 3 is 2.44 bits per heavy atom. The number of aliphatic imine (C=N–C) groups is 2. The molecule has 0 amide bonds. The highest BCUT2D eigenvalue weighted by Gasteiger charge is 2.24.